The van der Waals surface area contributed by atoms with Crippen LogP contribution in [0.3, 0.4) is 0 Å². The number of carbonyl (C=O) groups is 2. The molecule has 0 unspecified atom stereocenters. The van der Waals surface area contributed by atoms with Crippen LogP contribution in [0.2, 0.25) is 0 Å². The lowest BCUT2D eigenvalue weighted by atomic mass is 10.1. The van der Waals surface area contributed by atoms with Crippen molar-refractivity contribution in [3.05, 3.63) is 29.3 Å². The minimum absolute atomic E-state index is 0.235. The summed E-state index contributed by atoms with van der Waals surface area (Å²) in [4.78, 5) is 23.8. The molecule has 19 heavy (non-hydrogen) atoms. The highest BCUT2D eigenvalue weighted by Crippen LogP contribution is 2.23. The van der Waals surface area contributed by atoms with Gasteiger partial charge >= 0.3 is 11.9 Å². The van der Waals surface area contributed by atoms with Gasteiger partial charge in [-0.2, -0.15) is 0 Å². The number of ether oxygens (including phenoxy) is 2. The van der Waals surface area contributed by atoms with E-state index in [1.165, 1.54) is 7.11 Å². The Labute approximate surface area is 117 Å². The lowest BCUT2D eigenvalue weighted by molar-refractivity contribution is -0.140. The Morgan fingerprint density at radius 2 is 2.05 bits per heavy atom. The molecular formula is C14H18O4S. The Balaban J connectivity index is 2.84. The fraction of sp³-hybridized carbons (Fsp3) is 0.429. The Hall–Kier alpha value is -1.49. The summed E-state index contributed by atoms with van der Waals surface area (Å²) in [5, 5.41) is 0. The van der Waals surface area contributed by atoms with Gasteiger partial charge in [-0.3, -0.25) is 4.79 Å². The van der Waals surface area contributed by atoms with E-state index in [-0.39, 0.29) is 11.9 Å². The molecule has 0 aliphatic rings. The van der Waals surface area contributed by atoms with Gasteiger partial charge in [0, 0.05) is 11.3 Å². The maximum absolute atomic E-state index is 11.6. The topological polar surface area (TPSA) is 52.6 Å². The first-order valence-electron chi connectivity index (χ1n) is 6.03. The minimum Gasteiger partial charge on any atom is -0.469 e. The number of esters is 2. The minimum atomic E-state index is -0.322. The van der Waals surface area contributed by atoms with Gasteiger partial charge in [-0.15, -0.1) is 11.8 Å². The quantitative estimate of drug-likeness (QED) is 0.593. The molecule has 0 spiro atoms. The first kappa shape index (κ1) is 15.6. The van der Waals surface area contributed by atoms with E-state index in [0.29, 0.717) is 25.0 Å². The zero-order valence-corrected chi connectivity index (χ0v) is 12.2. The molecule has 0 saturated heterocycles. The molecule has 0 aliphatic heterocycles. The second kappa shape index (κ2) is 7.84. The predicted octanol–water partition coefficient (Wildman–Crippen LogP) is 2.69. The Kier molecular flexibility index (Phi) is 6.42. The van der Waals surface area contributed by atoms with Crippen LogP contribution in [0.5, 0.6) is 0 Å². The van der Waals surface area contributed by atoms with E-state index in [0.717, 1.165) is 10.5 Å². The van der Waals surface area contributed by atoms with E-state index in [1.807, 2.05) is 12.3 Å². The molecule has 4 nitrogen and oxygen atoms in total. The molecule has 104 valence electrons. The first-order chi connectivity index (χ1) is 9.12. The second-order valence-electron chi connectivity index (χ2n) is 3.82. The van der Waals surface area contributed by atoms with Crippen LogP contribution in [0.25, 0.3) is 0 Å². The van der Waals surface area contributed by atoms with Gasteiger partial charge in [-0.25, -0.2) is 4.79 Å². The number of carbonyl (C=O) groups excluding carboxylic acids is 2. The van der Waals surface area contributed by atoms with Crippen molar-refractivity contribution in [2.45, 2.75) is 24.7 Å². The summed E-state index contributed by atoms with van der Waals surface area (Å²) >= 11 is 1.54. The Morgan fingerprint density at radius 1 is 1.32 bits per heavy atom. The maximum atomic E-state index is 11.6. The van der Waals surface area contributed by atoms with Crippen LogP contribution in [0.1, 0.15) is 29.3 Å². The molecule has 0 N–H and O–H groups in total. The molecule has 1 aromatic rings. The van der Waals surface area contributed by atoms with E-state index in [4.69, 9.17) is 4.74 Å². The summed E-state index contributed by atoms with van der Waals surface area (Å²) in [5.74, 6) is -0.557. The largest absolute Gasteiger partial charge is 0.469 e. The van der Waals surface area contributed by atoms with Gasteiger partial charge < -0.3 is 9.47 Å². The van der Waals surface area contributed by atoms with E-state index < -0.39 is 0 Å². The highest BCUT2D eigenvalue weighted by Gasteiger charge is 2.11. The lowest BCUT2D eigenvalue weighted by Crippen LogP contribution is -2.06. The molecule has 0 amide bonds. The van der Waals surface area contributed by atoms with Crippen LogP contribution in [0, 0.1) is 0 Å². The maximum Gasteiger partial charge on any atom is 0.338 e. The van der Waals surface area contributed by atoms with Gasteiger partial charge in [-0.1, -0.05) is 6.07 Å². The van der Waals surface area contributed by atoms with Crippen LogP contribution in [0.4, 0.5) is 0 Å². The summed E-state index contributed by atoms with van der Waals surface area (Å²) in [5.41, 5.74) is 1.57. The van der Waals surface area contributed by atoms with Crippen LogP contribution in [0.15, 0.2) is 23.1 Å². The molecule has 0 radical (unpaired) electrons. The highest BCUT2D eigenvalue weighted by atomic mass is 32.2. The van der Waals surface area contributed by atoms with E-state index in [2.05, 4.69) is 4.74 Å². The van der Waals surface area contributed by atoms with Crippen LogP contribution >= 0.6 is 11.8 Å². The van der Waals surface area contributed by atoms with Gasteiger partial charge in [0.1, 0.15) is 0 Å². The lowest BCUT2D eigenvalue weighted by Gasteiger charge is -2.09. The molecule has 0 atom stereocenters. The zero-order chi connectivity index (χ0) is 14.3. The van der Waals surface area contributed by atoms with Crippen LogP contribution in [-0.4, -0.2) is 31.9 Å². The van der Waals surface area contributed by atoms with Gasteiger partial charge in [-0.05, 0) is 37.3 Å². The summed E-state index contributed by atoms with van der Waals surface area (Å²) in [6.07, 6.45) is 2.88. The van der Waals surface area contributed by atoms with Crippen molar-refractivity contribution >= 4 is 23.7 Å². The second-order valence-corrected chi connectivity index (χ2v) is 4.67. The van der Waals surface area contributed by atoms with E-state index in [1.54, 1.807) is 30.8 Å². The van der Waals surface area contributed by atoms with Gasteiger partial charge in [0.25, 0.3) is 0 Å². The monoisotopic (exact) mass is 282 g/mol. The van der Waals surface area contributed by atoms with Crippen molar-refractivity contribution in [2.24, 2.45) is 0 Å². The number of methoxy groups -OCH3 is 1. The van der Waals surface area contributed by atoms with Crippen molar-refractivity contribution < 1.29 is 19.1 Å². The Bertz CT molecular complexity index is 457. The molecule has 1 aromatic carbocycles. The number of benzene rings is 1. The molecule has 0 aromatic heterocycles. The third-order valence-electron chi connectivity index (χ3n) is 2.62. The SMILES string of the molecule is CCOC(=O)c1ccc(CCC(=O)OC)c(SC)c1. The molecule has 5 heteroatoms. The summed E-state index contributed by atoms with van der Waals surface area (Å²) in [7, 11) is 1.38. The fourth-order valence-electron chi connectivity index (χ4n) is 1.63. The number of thioether (sulfide) groups is 1. The van der Waals surface area contributed by atoms with E-state index >= 15 is 0 Å². The number of rotatable bonds is 6. The third kappa shape index (κ3) is 4.59. The highest BCUT2D eigenvalue weighted by molar-refractivity contribution is 7.98. The van der Waals surface area contributed by atoms with Gasteiger partial charge in [0.05, 0.1) is 19.3 Å². The molecular weight excluding hydrogens is 264 g/mol. The van der Waals surface area contributed by atoms with Gasteiger partial charge in [0.15, 0.2) is 0 Å². The van der Waals surface area contributed by atoms with Crippen molar-refractivity contribution in [3.8, 4) is 0 Å². The van der Waals surface area contributed by atoms with Crippen molar-refractivity contribution in [1.82, 2.24) is 0 Å². The van der Waals surface area contributed by atoms with Crippen molar-refractivity contribution in [3.63, 3.8) is 0 Å². The number of aryl methyl sites for hydroxylation is 1. The average molecular weight is 282 g/mol. The smallest absolute Gasteiger partial charge is 0.338 e. The van der Waals surface area contributed by atoms with Gasteiger partial charge in [0.2, 0.25) is 0 Å². The Morgan fingerprint density at radius 3 is 2.63 bits per heavy atom. The summed E-state index contributed by atoms with van der Waals surface area (Å²) in [6.45, 7) is 2.13. The molecule has 0 bridgehead atoms. The third-order valence-corrected chi connectivity index (χ3v) is 3.44. The molecule has 0 aliphatic carbocycles. The van der Waals surface area contributed by atoms with Crippen molar-refractivity contribution in [1.29, 1.82) is 0 Å². The molecule has 0 heterocycles. The number of hydrogen-bond acceptors (Lipinski definition) is 5. The average Bonchev–Trinajstić information content (AvgIpc) is 2.44. The molecule has 0 saturated carbocycles. The first-order valence-corrected chi connectivity index (χ1v) is 7.25. The summed E-state index contributed by atoms with van der Waals surface area (Å²) < 4.78 is 9.58. The zero-order valence-electron chi connectivity index (χ0n) is 11.4. The number of hydrogen-bond donors (Lipinski definition) is 0. The standard InChI is InChI=1S/C14H18O4S/c1-4-18-14(16)11-6-5-10(12(9-11)19-3)7-8-13(15)17-2/h5-6,9H,4,7-8H2,1-3H3. The normalized spacial score (nSPS) is 10.1. The fourth-order valence-corrected chi connectivity index (χ4v) is 2.31. The summed E-state index contributed by atoms with van der Waals surface area (Å²) in [6, 6.07) is 5.39. The van der Waals surface area contributed by atoms with E-state index in [9.17, 15) is 9.59 Å². The predicted molar refractivity (Wildman–Crippen MR) is 74.5 cm³/mol. The van der Waals surface area contributed by atoms with Crippen LogP contribution in [-0.2, 0) is 20.7 Å². The van der Waals surface area contributed by atoms with Crippen LogP contribution < -0.4 is 0 Å². The molecule has 1 rings (SSSR count). The van der Waals surface area contributed by atoms with Crippen molar-refractivity contribution in [2.75, 3.05) is 20.0 Å². The molecule has 0 fully saturated rings.